The van der Waals surface area contributed by atoms with Crippen LogP contribution >= 0.6 is 11.3 Å². The fourth-order valence-corrected chi connectivity index (χ4v) is 2.17. The molecule has 2 heterocycles. The average Bonchev–Trinajstić information content (AvgIpc) is 3.00. The smallest absolute Gasteiger partial charge is 0.345 e. The number of amides is 1. The second-order valence-corrected chi connectivity index (χ2v) is 4.72. The highest BCUT2D eigenvalue weighted by atomic mass is 32.1. The lowest BCUT2D eigenvalue weighted by Gasteiger charge is -2.10. The molecule has 0 spiro atoms. The molecular weight excluding hydrogens is 254 g/mol. The normalized spacial score (nSPS) is 12.1. The summed E-state index contributed by atoms with van der Waals surface area (Å²) < 4.78 is 0. The van der Waals surface area contributed by atoms with Gasteiger partial charge in [0.1, 0.15) is 10.7 Å². The molecule has 0 fully saturated rings. The summed E-state index contributed by atoms with van der Waals surface area (Å²) in [4.78, 5) is 30.0. The Labute approximate surface area is 107 Å². The summed E-state index contributed by atoms with van der Waals surface area (Å²) in [7, 11) is 0. The van der Waals surface area contributed by atoms with Gasteiger partial charge in [0, 0.05) is 12.4 Å². The van der Waals surface area contributed by atoms with Crippen LogP contribution in [0.1, 0.15) is 38.1 Å². The molecule has 1 atom stereocenters. The van der Waals surface area contributed by atoms with Gasteiger partial charge in [0.2, 0.25) is 0 Å². The summed E-state index contributed by atoms with van der Waals surface area (Å²) in [5.41, 5.74) is 0. The van der Waals surface area contributed by atoms with Crippen molar-refractivity contribution < 1.29 is 14.7 Å². The number of imidazole rings is 1. The third-order valence-corrected chi connectivity index (χ3v) is 3.39. The zero-order valence-corrected chi connectivity index (χ0v) is 10.3. The summed E-state index contributed by atoms with van der Waals surface area (Å²) in [6.07, 6.45) is 3.28. The predicted octanol–water partition coefficient (Wildman–Crippen LogP) is 1.66. The molecule has 94 valence electrons. The number of hydrogen-bond donors (Lipinski definition) is 3. The molecule has 1 unspecified atom stereocenters. The summed E-state index contributed by atoms with van der Waals surface area (Å²) in [6, 6.07) is 2.65. The Morgan fingerprint density at radius 1 is 1.44 bits per heavy atom. The van der Waals surface area contributed by atoms with E-state index in [2.05, 4.69) is 15.3 Å². The fourth-order valence-electron chi connectivity index (χ4n) is 1.43. The lowest BCUT2D eigenvalue weighted by molar-refractivity contribution is 0.0702. The molecule has 7 heteroatoms. The second kappa shape index (κ2) is 5.01. The van der Waals surface area contributed by atoms with Crippen LogP contribution in [0.2, 0.25) is 0 Å². The van der Waals surface area contributed by atoms with Gasteiger partial charge < -0.3 is 15.4 Å². The van der Waals surface area contributed by atoms with Crippen molar-refractivity contribution in [2.45, 2.75) is 13.0 Å². The number of aromatic amines is 1. The minimum absolute atomic E-state index is 0.144. The molecule has 0 radical (unpaired) electrons. The van der Waals surface area contributed by atoms with Gasteiger partial charge in [-0.2, -0.15) is 0 Å². The number of thiophene rings is 1. The standard InChI is InChI=1S/C11H11N3O3S/c1-6(9-12-4-5-13-9)14-10(15)7-2-3-8(18-7)11(16)17/h2-6H,1H3,(H,12,13)(H,14,15)(H,16,17). The van der Waals surface area contributed by atoms with Crippen molar-refractivity contribution in [3.63, 3.8) is 0 Å². The molecule has 0 aliphatic heterocycles. The van der Waals surface area contributed by atoms with Crippen molar-refractivity contribution >= 4 is 23.2 Å². The van der Waals surface area contributed by atoms with Gasteiger partial charge >= 0.3 is 5.97 Å². The van der Waals surface area contributed by atoms with Crippen molar-refractivity contribution in [3.05, 3.63) is 40.1 Å². The maximum absolute atomic E-state index is 11.9. The number of rotatable bonds is 4. The third kappa shape index (κ3) is 2.57. The van der Waals surface area contributed by atoms with Crippen molar-refractivity contribution in [1.82, 2.24) is 15.3 Å². The monoisotopic (exact) mass is 265 g/mol. The summed E-state index contributed by atoms with van der Waals surface area (Å²) in [5, 5.41) is 11.5. The number of H-pyrrole nitrogens is 1. The Balaban J connectivity index is 2.05. The molecule has 1 amide bonds. The summed E-state index contributed by atoms with van der Waals surface area (Å²) in [6.45, 7) is 1.79. The zero-order chi connectivity index (χ0) is 13.1. The van der Waals surface area contributed by atoms with Crippen LogP contribution in [0.4, 0.5) is 0 Å². The van der Waals surface area contributed by atoms with Gasteiger partial charge in [0.05, 0.1) is 10.9 Å². The largest absolute Gasteiger partial charge is 0.477 e. The summed E-state index contributed by atoms with van der Waals surface area (Å²) >= 11 is 0.946. The van der Waals surface area contributed by atoms with Gasteiger partial charge in [-0.1, -0.05) is 0 Å². The first-order valence-electron chi connectivity index (χ1n) is 5.21. The van der Waals surface area contributed by atoms with Crippen LogP contribution in [-0.4, -0.2) is 27.0 Å². The lowest BCUT2D eigenvalue weighted by Crippen LogP contribution is -2.26. The van der Waals surface area contributed by atoms with E-state index >= 15 is 0 Å². The van der Waals surface area contributed by atoms with Crippen molar-refractivity contribution in [3.8, 4) is 0 Å². The highest BCUT2D eigenvalue weighted by molar-refractivity contribution is 7.15. The Hall–Kier alpha value is -2.15. The zero-order valence-electron chi connectivity index (χ0n) is 9.51. The SMILES string of the molecule is CC(NC(=O)c1ccc(C(=O)O)s1)c1ncc[nH]1. The number of nitrogens with zero attached hydrogens (tertiary/aromatic N) is 1. The summed E-state index contributed by atoms with van der Waals surface area (Å²) in [5.74, 6) is -0.687. The van der Waals surface area contributed by atoms with E-state index in [1.807, 2.05) is 0 Å². The maximum atomic E-state index is 11.9. The van der Waals surface area contributed by atoms with Crippen LogP contribution in [-0.2, 0) is 0 Å². The molecule has 2 aromatic heterocycles. The molecule has 0 bridgehead atoms. The Morgan fingerprint density at radius 2 is 2.17 bits per heavy atom. The van der Waals surface area contributed by atoms with E-state index in [1.54, 1.807) is 19.3 Å². The molecule has 6 nitrogen and oxygen atoms in total. The van der Waals surface area contributed by atoms with Crippen LogP contribution in [0.25, 0.3) is 0 Å². The third-order valence-electron chi connectivity index (χ3n) is 2.32. The van der Waals surface area contributed by atoms with Crippen LogP contribution in [0, 0.1) is 0 Å². The molecule has 3 N–H and O–H groups in total. The lowest BCUT2D eigenvalue weighted by atomic mass is 10.3. The minimum Gasteiger partial charge on any atom is -0.477 e. The van der Waals surface area contributed by atoms with Gasteiger partial charge in [-0.05, 0) is 19.1 Å². The molecule has 0 aliphatic rings. The van der Waals surface area contributed by atoms with E-state index < -0.39 is 5.97 Å². The number of carbonyl (C=O) groups is 2. The van der Waals surface area contributed by atoms with E-state index in [4.69, 9.17) is 5.11 Å². The van der Waals surface area contributed by atoms with Gasteiger partial charge in [-0.25, -0.2) is 9.78 Å². The Kier molecular flexibility index (Phi) is 3.42. The number of carboxylic acids is 1. The van der Waals surface area contributed by atoms with Gasteiger partial charge in [0.15, 0.2) is 0 Å². The van der Waals surface area contributed by atoms with Crippen LogP contribution in [0.3, 0.4) is 0 Å². The maximum Gasteiger partial charge on any atom is 0.345 e. The molecule has 0 saturated carbocycles. The molecule has 2 aromatic rings. The number of carbonyl (C=O) groups excluding carboxylic acids is 1. The Bertz CT molecular complexity index is 562. The van der Waals surface area contributed by atoms with Crippen molar-refractivity contribution in [2.24, 2.45) is 0 Å². The van der Waals surface area contributed by atoms with Gasteiger partial charge in [0.25, 0.3) is 5.91 Å². The molecule has 0 aromatic carbocycles. The topological polar surface area (TPSA) is 95.1 Å². The molecule has 18 heavy (non-hydrogen) atoms. The molecule has 0 aliphatic carbocycles. The molecule has 2 rings (SSSR count). The van der Waals surface area contributed by atoms with E-state index in [0.29, 0.717) is 10.7 Å². The number of carboxylic acid groups (broad SMARTS) is 1. The van der Waals surface area contributed by atoms with Crippen molar-refractivity contribution in [2.75, 3.05) is 0 Å². The van der Waals surface area contributed by atoms with Crippen LogP contribution in [0.5, 0.6) is 0 Å². The van der Waals surface area contributed by atoms with Crippen LogP contribution < -0.4 is 5.32 Å². The van der Waals surface area contributed by atoms with Gasteiger partial charge in [-0.15, -0.1) is 11.3 Å². The number of aromatic nitrogens is 2. The highest BCUT2D eigenvalue weighted by Crippen LogP contribution is 2.17. The molecule has 0 saturated heterocycles. The quantitative estimate of drug-likeness (QED) is 0.783. The van der Waals surface area contributed by atoms with E-state index in [9.17, 15) is 9.59 Å². The Morgan fingerprint density at radius 3 is 2.72 bits per heavy atom. The van der Waals surface area contributed by atoms with Crippen LogP contribution in [0.15, 0.2) is 24.5 Å². The first-order chi connectivity index (χ1) is 8.58. The number of nitrogens with one attached hydrogen (secondary N) is 2. The van der Waals surface area contributed by atoms with Crippen molar-refractivity contribution in [1.29, 1.82) is 0 Å². The minimum atomic E-state index is -1.03. The van der Waals surface area contributed by atoms with E-state index in [0.717, 1.165) is 11.3 Å². The predicted molar refractivity (Wildman–Crippen MR) is 65.7 cm³/mol. The highest BCUT2D eigenvalue weighted by Gasteiger charge is 2.16. The van der Waals surface area contributed by atoms with E-state index in [1.165, 1.54) is 12.1 Å². The first-order valence-corrected chi connectivity index (χ1v) is 6.03. The number of aromatic carboxylic acids is 1. The molecular formula is C11H11N3O3S. The second-order valence-electron chi connectivity index (χ2n) is 3.64. The van der Waals surface area contributed by atoms with E-state index in [-0.39, 0.29) is 16.8 Å². The fraction of sp³-hybridized carbons (Fsp3) is 0.182. The number of hydrogen-bond acceptors (Lipinski definition) is 4. The first kappa shape index (κ1) is 12.3. The van der Waals surface area contributed by atoms with Gasteiger partial charge in [-0.3, -0.25) is 4.79 Å². The average molecular weight is 265 g/mol.